The Kier molecular flexibility index (Phi) is 6.56. The molecule has 0 heterocycles. The Balaban J connectivity index is 2.19. The lowest BCUT2D eigenvalue weighted by molar-refractivity contribution is 0.416. The number of hydrogen-bond donors (Lipinski definition) is 1. The highest BCUT2D eigenvalue weighted by molar-refractivity contribution is 5.55. The Hall–Kier alpha value is -1.02. The van der Waals surface area contributed by atoms with Gasteiger partial charge < -0.3 is 10.2 Å². The fraction of sp³-hybridized carbons (Fsp3) is 0.684. The Labute approximate surface area is 130 Å². The van der Waals surface area contributed by atoms with Crippen molar-refractivity contribution in [3.05, 3.63) is 29.8 Å². The van der Waals surface area contributed by atoms with E-state index in [1.54, 1.807) is 0 Å². The molecule has 0 bridgehead atoms. The Bertz CT molecular complexity index is 410. The minimum absolute atomic E-state index is 0.429. The van der Waals surface area contributed by atoms with Crippen LogP contribution in [-0.4, -0.2) is 19.1 Å². The number of rotatable bonds is 7. The summed E-state index contributed by atoms with van der Waals surface area (Å²) in [5.74, 6) is 0. The van der Waals surface area contributed by atoms with Gasteiger partial charge in [-0.1, -0.05) is 44.4 Å². The first-order chi connectivity index (χ1) is 10.3. The van der Waals surface area contributed by atoms with Crippen molar-refractivity contribution >= 4 is 5.69 Å². The Morgan fingerprint density at radius 2 is 1.86 bits per heavy atom. The summed E-state index contributed by atoms with van der Waals surface area (Å²) < 4.78 is 0. The number of anilines is 1. The lowest BCUT2D eigenvalue weighted by Gasteiger charge is -2.37. The van der Waals surface area contributed by atoms with Gasteiger partial charge in [-0.2, -0.15) is 0 Å². The second-order valence-corrected chi connectivity index (χ2v) is 6.31. The standard InChI is InChI=1S/C19H32N2/c1-4-15-20-16(3)18-13-9-10-14-19(18)21(5-2)17-11-7-6-8-12-17/h9-10,13-14,16-17,20H,4-8,11-12,15H2,1-3H3. The van der Waals surface area contributed by atoms with Crippen LogP contribution >= 0.6 is 0 Å². The molecule has 0 saturated heterocycles. The summed E-state index contributed by atoms with van der Waals surface area (Å²) in [6.45, 7) is 9.03. The smallest absolute Gasteiger partial charge is 0.0417 e. The maximum absolute atomic E-state index is 3.64. The molecule has 1 aromatic carbocycles. The van der Waals surface area contributed by atoms with E-state index in [0.29, 0.717) is 6.04 Å². The largest absolute Gasteiger partial charge is 0.369 e. The van der Waals surface area contributed by atoms with Crippen molar-refractivity contribution in [2.24, 2.45) is 0 Å². The van der Waals surface area contributed by atoms with Crippen LogP contribution in [-0.2, 0) is 0 Å². The summed E-state index contributed by atoms with van der Waals surface area (Å²) in [5, 5.41) is 3.64. The maximum atomic E-state index is 3.64. The highest BCUT2D eigenvalue weighted by Crippen LogP contribution is 2.32. The molecule has 1 aliphatic carbocycles. The van der Waals surface area contributed by atoms with E-state index in [1.165, 1.54) is 49.8 Å². The monoisotopic (exact) mass is 288 g/mol. The predicted octanol–water partition coefficient (Wildman–Crippen LogP) is 4.91. The summed E-state index contributed by atoms with van der Waals surface area (Å²) in [6.07, 6.45) is 8.12. The first-order valence-electron chi connectivity index (χ1n) is 8.86. The van der Waals surface area contributed by atoms with E-state index in [2.05, 4.69) is 55.3 Å². The molecule has 0 amide bonds. The SMILES string of the molecule is CCCNC(C)c1ccccc1N(CC)C1CCCCC1. The van der Waals surface area contributed by atoms with Gasteiger partial charge in [0.1, 0.15) is 0 Å². The number of hydrogen-bond acceptors (Lipinski definition) is 2. The molecule has 2 rings (SSSR count). The molecule has 1 saturated carbocycles. The van der Waals surface area contributed by atoms with E-state index in [-0.39, 0.29) is 0 Å². The average molecular weight is 288 g/mol. The van der Waals surface area contributed by atoms with Crippen molar-refractivity contribution in [2.45, 2.75) is 71.4 Å². The summed E-state index contributed by atoms with van der Waals surface area (Å²) in [6, 6.07) is 10.2. The molecule has 118 valence electrons. The molecule has 0 aromatic heterocycles. The van der Waals surface area contributed by atoms with Crippen molar-refractivity contribution in [2.75, 3.05) is 18.0 Å². The van der Waals surface area contributed by atoms with E-state index in [4.69, 9.17) is 0 Å². The molecule has 0 radical (unpaired) electrons. The van der Waals surface area contributed by atoms with Gasteiger partial charge in [-0.15, -0.1) is 0 Å². The predicted molar refractivity (Wildman–Crippen MR) is 93.0 cm³/mol. The van der Waals surface area contributed by atoms with E-state index < -0.39 is 0 Å². The topological polar surface area (TPSA) is 15.3 Å². The fourth-order valence-electron chi connectivity index (χ4n) is 3.60. The van der Waals surface area contributed by atoms with Crippen LogP contribution in [0.2, 0.25) is 0 Å². The van der Waals surface area contributed by atoms with Gasteiger partial charge >= 0.3 is 0 Å². The maximum Gasteiger partial charge on any atom is 0.0417 e. The molecule has 1 N–H and O–H groups in total. The molecule has 1 aliphatic rings. The normalized spacial score (nSPS) is 17.7. The molecule has 1 fully saturated rings. The molecule has 1 aromatic rings. The number of benzene rings is 1. The van der Waals surface area contributed by atoms with Crippen LogP contribution < -0.4 is 10.2 Å². The molecule has 2 heteroatoms. The van der Waals surface area contributed by atoms with Gasteiger partial charge in [-0.25, -0.2) is 0 Å². The number of para-hydroxylation sites is 1. The van der Waals surface area contributed by atoms with Crippen molar-refractivity contribution in [3.63, 3.8) is 0 Å². The molecule has 21 heavy (non-hydrogen) atoms. The van der Waals surface area contributed by atoms with Crippen molar-refractivity contribution in [1.82, 2.24) is 5.32 Å². The highest BCUT2D eigenvalue weighted by Gasteiger charge is 2.23. The van der Waals surface area contributed by atoms with Crippen molar-refractivity contribution in [1.29, 1.82) is 0 Å². The minimum atomic E-state index is 0.429. The van der Waals surface area contributed by atoms with E-state index in [1.807, 2.05) is 0 Å². The van der Waals surface area contributed by atoms with Gasteiger partial charge in [-0.3, -0.25) is 0 Å². The molecule has 1 unspecified atom stereocenters. The Morgan fingerprint density at radius 1 is 1.14 bits per heavy atom. The van der Waals surface area contributed by atoms with Crippen LogP contribution in [0.25, 0.3) is 0 Å². The van der Waals surface area contributed by atoms with E-state index in [0.717, 1.165) is 19.1 Å². The summed E-state index contributed by atoms with van der Waals surface area (Å²) in [4.78, 5) is 2.65. The van der Waals surface area contributed by atoms with E-state index in [9.17, 15) is 0 Å². The average Bonchev–Trinajstić information content (AvgIpc) is 2.55. The van der Waals surface area contributed by atoms with Crippen molar-refractivity contribution < 1.29 is 0 Å². The third kappa shape index (κ3) is 4.23. The molecule has 2 nitrogen and oxygen atoms in total. The van der Waals surface area contributed by atoms with Crippen LogP contribution in [0.3, 0.4) is 0 Å². The highest BCUT2D eigenvalue weighted by atomic mass is 15.2. The molecule has 1 atom stereocenters. The first-order valence-corrected chi connectivity index (χ1v) is 8.86. The molecular weight excluding hydrogens is 256 g/mol. The summed E-state index contributed by atoms with van der Waals surface area (Å²) in [5.41, 5.74) is 2.90. The first kappa shape index (κ1) is 16.4. The van der Waals surface area contributed by atoms with Crippen LogP contribution in [0, 0.1) is 0 Å². The number of nitrogens with zero attached hydrogens (tertiary/aromatic N) is 1. The zero-order valence-corrected chi connectivity index (χ0v) is 14.1. The fourth-order valence-corrected chi connectivity index (χ4v) is 3.60. The zero-order valence-electron chi connectivity index (χ0n) is 14.1. The van der Waals surface area contributed by atoms with Gasteiger partial charge in [0.15, 0.2) is 0 Å². The summed E-state index contributed by atoms with van der Waals surface area (Å²) in [7, 11) is 0. The molecular formula is C19H32N2. The van der Waals surface area contributed by atoms with Crippen LogP contribution in [0.4, 0.5) is 5.69 Å². The third-order valence-corrected chi connectivity index (χ3v) is 4.77. The lowest BCUT2D eigenvalue weighted by atomic mass is 9.93. The van der Waals surface area contributed by atoms with Gasteiger partial charge in [0.05, 0.1) is 0 Å². The Morgan fingerprint density at radius 3 is 2.52 bits per heavy atom. The number of nitrogens with one attached hydrogen (secondary N) is 1. The quantitative estimate of drug-likeness (QED) is 0.767. The van der Waals surface area contributed by atoms with Crippen molar-refractivity contribution in [3.8, 4) is 0 Å². The second-order valence-electron chi connectivity index (χ2n) is 6.31. The minimum Gasteiger partial charge on any atom is -0.369 e. The molecule has 0 spiro atoms. The van der Waals surface area contributed by atoms with Crippen LogP contribution in [0.1, 0.15) is 70.9 Å². The summed E-state index contributed by atoms with van der Waals surface area (Å²) >= 11 is 0. The lowest BCUT2D eigenvalue weighted by Crippen LogP contribution is -2.38. The van der Waals surface area contributed by atoms with Gasteiger partial charge in [0.2, 0.25) is 0 Å². The van der Waals surface area contributed by atoms with E-state index >= 15 is 0 Å². The molecule has 0 aliphatic heterocycles. The van der Waals surface area contributed by atoms with Crippen LogP contribution in [0.5, 0.6) is 0 Å². The van der Waals surface area contributed by atoms with Gasteiger partial charge in [-0.05, 0) is 51.3 Å². The third-order valence-electron chi connectivity index (χ3n) is 4.77. The van der Waals surface area contributed by atoms with Gasteiger partial charge in [0, 0.05) is 24.3 Å². The van der Waals surface area contributed by atoms with Crippen LogP contribution in [0.15, 0.2) is 24.3 Å². The second kappa shape index (κ2) is 8.43. The zero-order chi connectivity index (χ0) is 15.1. The van der Waals surface area contributed by atoms with Gasteiger partial charge in [0.25, 0.3) is 0 Å².